The fraction of sp³-hybridized carbons (Fsp3) is 0.500. The van der Waals surface area contributed by atoms with Crippen molar-refractivity contribution in [2.75, 3.05) is 57.8 Å². The molecule has 0 saturated carbocycles. The van der Waals surface area contributed by atoms with E-state index in [9.17, 15) is 4.79 Å². The Morgan fingerprint density at radius 2 is 2.00 bits per heavy atom. The number of nitrogens with one attached hydrogen (secondary N) is 1. The van der Waals surface area contributed by atoms with E-state index in [0.29, 0.717) is 18.2 Å². The van der Waals surface area contributed by atoms with E-state index in [1.807, 2.05) is 53.1 Å². The Kier molecular flexibility index (Phi) is 9.24. The van der Waals surface area contributed by atoms with Crippen molar-refractivity contribution in [1.82, 2.24) is 25.3 Å². The summed E-state index contributed by atoms with van der Waals surface area (Å²) in [6.07, 6.45) is 1.83. The highest BCUT2D eigenvalue weighted by atomic mass is 32.1. The summed E-state index contributed by atoms with van der Waals surface area (Å²) in [6, 6.07) is 11.8. The Morgan fingerprint density at radius 3 is 2.70 bits per heavy atom. The standard InChI is InChI=1S/C24H34N6O2S/c1-4-12-30(24(33)25-5-2)18-23(31)29-14-7-13-28(15-16-29)22-11-10-21(26-27-22)19-8-6-9-20(17-19)32-3/h6,8-11,17H,4-5,7,12-16,18H2,1-3H3,(H,25,33). The van der Waals surface area contributed by atoms with E-state index < -0.39 is 0 Å². The molecule has 2 heterocycles. The lowest BCUT2D eigenvalue weighted by Crippen LogP contribution is -2.47. The van der Waals surface area contributed by atoms with E-state index in [1.165, 1.54) is 0 Å². The van der Waals surface area contributed by atoms with Crippen molar-refractivity contribution >= 4 is 29.1 Å². The molecule has 0 spiro atoms. The van der Waals surface area contributed by atoms with Crippen LogP contribution in [-0.2, 0) is 4.79 Å². The third kappa shape index (κ3) is 6.77. The Bertz CT molecular complexity index is 923. The van der Waals surface area contributed by atoms with Crippen LogP contribution in [0, 0.1) is 0 Å². The Balaban J connectivity index is 1.60. The highest BCUT2D eigenvalue weighted by Gasteiger charge is 2.22. The van der Waals surface area contributed by atoms with Gasteiger partial charge in [0, 0.05) is 44.8 Å². The minimum absolute atomic E-state index is 0.116. The van der Waals surface area contributed by atoms with Gasteiger partial charge in [-0.05, 0) is 56.2 Å². The summed E-state index contributed by atoms with van der Waals surface area (Å²) in [7, 11) is 1.65. The van der Waals surface area contributed by atoms with Crippen molar-refractivity contribution in [3.8, 4) is 17.0 Å². The number of anilines is 1. The van der Waals surface area contributed by atoms with Crippen LogP contribution < -0.4 is 15.0 Å². The fourth-order valence-electron chi connectivity index (χ4n) is 3.87. The average Bonchev–Trinajstić information content (AvgIpc) is 3.10. The van der Waals surface area contributed by atoms with Gasteiger partial charge >= 0.3 is 0 Å². The highest BCUT2D eigenvalue weighted by molar-refractivity contribution is 7.80. The second-order valence-corrected chi connectivity index (χ2v) is 8.37. The predicted octanol–water partition coefficient (Wildman–Crippen LogP) is 2.80. The minimum atomic E-state index is 0.116. The Labute approximate surface area is 201 Å². The molecule has 0 bridgehead atoms. The van der Waals surface area contributed by atoms with Crippen LogP contribution in [0.15, 0.2) is 36.4 Å². The van der Waals surface area contributed by atoms with Gasteiger partial charge in [0.05, 0.1) is 19.3 Å². The molecule has 1 fully saturated rings. The number of carbonyl (C=O) groups excluding carboxylic acids is 1. The number of ether oxygens (including phenoxy) is 1. The topological polar surface area (TPSA) is 73.8 Å². The normalized spacial score (nSPS) is 13.9. The Morgan fingerprint density at radius 1 is 1.15 bits per heavy atom. The molecule has 0 unspecified atom stereocenters. The smallest absolute Gasteiger partial charge is 0.242 e. The van der Waals surface area contributed by atoms with Gasteiger partial charge in [-0.25, -0.2) is 0 Å². The van der Waals surface area contributed by atoms with Gasteiger partial charge in [0.25, 0.3) is 0 Å². The number of hydrogen-bond donors (Lipinski definition) is 1. The monoisotopic (exact) mass is 470 g/mol. The van der Waals surface area contributed by atoms with Crippen LogP contribution in [0.25, 0.3) is 11.3 Å². The van der Waals surface area contributed by atoms with Gasteiger partial charge in [-0.1, -0.05) is 19.1 Å². The number of aromatic nitrogens is 2. The number of hydrogen-bond acceptors (Lipinski definition) is 6. The summed E-state index contributed by atoms with van der Waals surface area (Å²) in [5, 5.41) is 12.7. The van der Waals surface area contributed by atoms with Gasteiger partial charge in [0.2, 0.25) is 5.91 Å². The van der Waals surface area contributed by atoms with Gasteiger partial charge < -0.3 is 24.8 Å². The molecule has 1 aromatic heterocycles. The minimum Gasteiger partial charge on any atom is -0.497 e. The molecule has 178 valence electrons. The van der Waals surface area contributed by atoms with Crippen LogP contribution in [0.2, 0.25) is 0 Å². The van der Waals surface area contributed by atoms with Crippen LogP contribution in [0.5, 0.6) is 5.75 Å². The summed E-state index contributed by atoms with van der Waals surface area (Å²) in [6.45, 7) is 8.90. The van der Waals surface area contributed by atoms with E-state index in [2.05, 4.69) is 27.3 Å². The molecular weight excluding hydrogens is 436 g/mol. The SMILES string of the molecule is CCCN(CC(=O)N1CCCN(c2ccc(-c3cccc(OC)c3)nn2)CC1)C(=S)NCC. The van der Waals surface area contributed by atoms with Crippen LogP contribution in [-0.4, -0.2) is 83.9 Å². The summed E-state index contributed by atoms with van der Waals surface area (Å²) < 4.78 is 5.30. The van der Waals surface area contributed by atoms with Crippen molar-refractivity contribution in [3.63, 3.8) is 0 Å². The quantitative estimate of drug-likeness (QED) is 0.591. The molecule has 2 aromatic rings. The van der Waals surface area contributed by atoms with E-state index in [0.717, 1.165) is 68.4 Å². The molecule has 0 radical (unpaired) electrons. The lowest BCUT2D eigenvalue weighted by atomic mass is 10.1. The molecule has 1 amide bonds. The molecule has 1 N–H and O–H groups in total. The molecule has 0 aliphatic carbocycles. The van der Waals surface area contributed by atoms with Crippen molar-refractivity contribution in [3.05, 3.63) is 36.4 Å². The first-order chi connectivity index (χ1) is 16.0. The molecule has 1 saturated heterocycles. The molecule has 1 aliphatic heterocycles. The number of thiocarbonyl (C=S) groups is 1. The van der Waals surface area contributed by atoms with Crippen molar-refractivity contribution in [2.24, 2.45) is 0 Å². The molecule has 1 aromatic carbocycles. The van der Waals surface area contributed by atoms with Gasteiger partial charge in [-0.15, -0.1) is 10.2 Å². The van der Waals surface area contributed by atoms with Crippen LogP contribution in [0.4, 0.5) is 5.82 Å². The van der Waals surface area contributed by atoms with Crippen LogP contribution in [0.3, 0.4) is 0 Å². The van der Waals surface area contributed by atoms with Crippen LogP contribution >= 0.6 is 12.2 Å². The number of benzene rings is 1. The lowest BCUT2D eigenvalue weighted by Gasteiger charge is -2.28. The summed E-state index contributed by atoms with van der Waals surface area (Å²) in [5.74, 6) is 1.74. The number of rotatable bonds is 8. The molecule has 9 heteroatoms. The van der Waals surface area contributed by atoms with Gasteiger partial charge in [-0.3, -0.25) is 4.79 Å². The Hall–Kier alpha value is -2.94. The molecular formula is C24H34N6O2S. The van der Waals surface area contributed by atoms with Gasteiger partial charge in [-0.2, -0.15) is 0 Å². The largest absolute Gasteiger partial charge is 0.497 e. The number of methoxy groups -OCH3 is 1. The van der Waals surface area contributed by atoms with Crippen molar-refractivity contribution in [1.29, 1.82) is 0 Å². The highest BCUT2D eigenvalue weighted by Crippen LogP contribution is 2.23. The number of amides is 1. The zero-order chi connectivity index (χ0) is 23.6. The molecule has 3 rings (SSSR count). The van der Waals surface area contributed by atoms with Gasteiger partial charge in [0.1, 0.15) is 5.75 Å². The first-order valence-corrected chi connectivity index (χ1v) is 12.0. The third-order valence-corrected chi connectivity index (χ3v) is 6.03. The summed E-state index contributed by atoms with van der Waals surface area (Å²) in [4.78, 5) is 19.1. The second kappa shape index (κ2) is 12.3. The second-order valence-electron chi connectivity index (χ2n) is 7.99. The lowest BCUT2D eigenvalue weighted by molar-refractivity contribution is -0.131. The number of nitrogens with zero attached hydrogens (tertiary/aromatic N) is 5. The van der Waals surface area contributed by atoms with E-state index in [-0.39, 0.29) is 5.91 Å². The van der Waals surface area contributed by atoms with E-state index in [4.69, 9.17) is 17.0 Å². The zero-order valence-corrected chi connectivity index (χ0v) is 20.6. The zero-order valence-electron chi connectivity index (χ0n) is 19.8. The van der Waals surface area contributed by atoms with Crippen molar-refractivity contribution in [2.45, 2.75) is 26.7 Å². The van der Waals surface area contributed by atoms with Crippen LogP contribution in [0.1, 0.15) is 26.7 Å². The first-order valence-electron chi connectivity index (χ1n) is 11.6. The molecule has 8 nitrogen and oxygen atoms in total. The summed E-state index contributed by atoms with van der Waals surface area (Å²) >= 11 is 5.44. The fourth-order valence-corrected chi connectivity index (χ4v) is 4.18. The maximum atomic E-state index is 13.0. The van der Waals surface area contributed by atoms with E-state index in [1.54, 1.807) is 7.11 Å². The molecule has 1 aliphatic rings. The maximum Gasteiger partial charge on any atom is 0.242 e. The van der Waals surface area contributed by atoms with E-state index >= 15 is 0 Å². The number of carbonyl (C=O) groups is 1. The molecule has 0 atom stereocenters. The summed E-state index contributed by atoms with van der Waals surface area (Å²) in [5.41, 5.74) is 1.77. The van der Waals surface area contributed by atoms with Crippen molar-refractivity contribution < 1.29 is 9.53 Å². The maximum absolute atomic E-state index is 13.0. The first kappa shape index (κ1) is 24.7. The average molecular weight is 471 g/mol. The third-order valence-electron chi connectivity index (χ3n) is 5.62. The predicted molar refractivity (Wildman–Crippen MR) is 136 cm³/mol. The van der Waals surface area contributed by atoms with Gasteiger partial charge in [0.15, 0.2) is 10.9 Å². The molecule has 33 heavy (non-hydrogen) atoms.